The van der Waals surface area contributed by atoms with Crippen molar-refractivity contribution in [2.45, 2.75) is 31.7 Å². The van der Waals surface area contributed by atoms with Crippen LogP contribution in [0.25, 0.3) is 0 Å². The van der Waals surface area contributed by atoms with Crippen LogP contribution in [0.3, 0.4) is 0 Å². The van der Waals surface area contributed by atoms with Gasteiger partial charge in [-0.2, -0.15) is 0 Å². The lowest BCUT2D eigenvalue weighted by molar-refractivity contribution is -0.184. The number of benzene rings is 2. The minimum atomic E-state index is -0.558. The van der Waals surface area contributed by atoms with Crippen molar-refractivity contribution in [3.63, 3.8) is 0 Å². The molecule has 0 unspecified atom stereocenters. The molecular formula is C21H19ClF2N2O2. The van der Waals surface area contributed by atoms with Gasteiger partial charge in [0.2, 0.25) is 5.91 Å². The monoisotopic (exact) mass is 404 g/mol. The lowest BCUT2D eigenvalue weighted by Crippen LogP contribution is -2.77. The van der Waals surface area contributed by atoms with Gasteiger partial charge in [-0.05, 0) is 67.1 Å². The molecule has 3 saturated carbocycles. The van der Waals surface area contributed by atoms with Crippen molar-refractivity contribution in [1.29, 1.82) is 0 Å². The lowest BCUT2D eigenvalue weighted by Gasteiger charge is -2.72. The van der Waals surface area contributed by atoms with Crippen LogP contribution in [-0.2, 0) is 4.79 Å². The molecule has 2 N–H and O–H groups in total. The van der Waals surface area contributed by atoms with Crippen molar-refractivity contribution in [2.24, 2.45) is 11.3 Å². The fourth-order valence-corrected chi connectivity index (χ4v) is 4.74. The topological polar surface area (TPSA) is 58.2 Å². The van der Waals surface area contributed by atoms with E-state index in [-0.39, 0.29) is 45.1 Å². The van der Waals surface area contributed by atoms with Crippen molar-refractivity contribution in [3.8, 4) is 0 Å². The van der Waals surface area contributed by atoms with Crippen LogP contribution in [-0.4, -0.2) is 17.4 Å². The summed E-state index contributed by atoms with van der Waals surface area (Å²) < 4.78 is 26.4. The molecule has 0 aromatic heterocycles. The van der Waals surface area contributed by atoms with E-state index in [0.717, 1.165) is 12.1 Å². The predicted molar refractivity (Wildman–Crippen MR) is 102 cm³/mol. The molecule has 2 aromatic rings. The standard InChI is InChI=1S/C21H19ClF2N2O2/c1-12(18(27)25-17-4-2-15(23)3-5-17)20-9-21(10-20,11-20)26-19(28)13-6-14(22)8-16(24)7-13/h2-8,12H,9-11H2,1H3,(H,25,27)(H,26,28)/t12-,20?,21?/m0/s1. The van der Waals surface area contributed by atoms with E-state index in [2.05, 4.69) is 10.6 Å². The zero-order chi connectivity index (χ0) is 20.1. The Kier molecular flexibility index (Phi) is 4.42. The number of anilines is 1. The molecule has 7 heteroatoms. The Hall–Kier alpha value is -2.47. The van der Waals surface area contributed by atoms with E-state index in [0.29, 0.717) is 24.9 Å². The molecule has 3 aliphatic rings. The number of amides is 2. The number of halogens is 3. The summed E-state index contributed by atoms with van der Waals surface area (Å²) in [6.07, 6.45) is 2.10. The maximum Gasteiger partial charge on any atom is 0.251 e. The molecule has 0 radical (unpaired) electrons. The van der Waals surface area contributed by atoms with E-state index in [1.165, 1.54) is 30.3 Å². The Labute approximate surface area is 166 Å². The first-order valence-corrected chi connectivity index (χ1v) is 9.43. The summed E-state index contributed by atoms with van der Waals surface area (Å²) in [4.78, 5) is 24.9. The average molecular weight is 405 g/mol. The van der Waals surface area contributed by atoms with Crippen LogP contribution in [0, 0.1) is 23.0 Å². The van der Waals surface area contributed by atoms with Crippen molar-refractivity contribution in [3.05, 3.63) is 64.7 Å². The van der Waals surface area contributed by atoms with Crippen LogP contribution in [0.2, 0.25) is 5.02 Å². The van der Waals surface area contributed by atoms with Crippen LogP contribution < -0.4 is 10.6 Å². The zero-order valence-corrected chi connectivity index (χ0v) is 15.9. The van der Waals surface area contributed by atoms with E-state index in [9.17, 15) is 18.4 Å². The van der Waals surface area contributed by atoms with Gasteiger partial charge in [-0.25, -0.2) is 8.78 Å². The molecule has 2 amide bonds. The molecule has 2 bridgehead atoms. The van der Waals surface area contributed by atoms with Crippen molar-refractivity contribution >= 4 is 29.1 Å². The Morgan fingerprint density at radius 3 is 2.29 bits per heavy atom. The largest absolute Gasteiger partial charge is 0.347 e. The van der Waals surface area contributed by atoms with Gasteiger partial charge in [-0.3, -0.25) is 9.59 Å². The Morgan fingerprint density at radius 1 is 1.04 bits per heavy atom. The first-order valence-electron chi connectivity index (χ1n) is 9.05. The highest BCUT2D eigenvalue weighted by molar-refractivity contribution is 6.31. The molecule has 3 aliphatic carbocycles. The fraction of sp³-hybridized carbons (Fsp3) is 0.333. The smallest absolute Gasteiger partial charge is 0.251 e. The van der Waals surface area contributed by atoms with Crippen molar-refractivity contribution < 1.29 is 18.4 Å². The molecule has 1 atom stereocenters. The molecule has 0 spiro atoms. The summed E-state index contributed by atoms with van der Waals surface area (Å²) in [5.74, 6) is -1.64. The number of carbonyl (C=O) groups excluding carboxylic acids is 2. The van der Waals surface area contributed by atoms with Crippen molar-refractivity contribution in [2.75, 3.05) is 5.32 Å². The third kappa shape index (κ3) is 3.26. The third-order valence-electron chi connectivity index (χ3n) is 6.00. The molecule has 2 aromatic carbocycles. The lowest BCUT2D eigenvalue weighted by atomic mass is 9.36. The van der Waals surface area contributed by atoms with Gasteiger partial charge in [0.05, 0.1) is 0 Å². The minimum Gasteiger partial charge on any atom is -0.347 e. The van der Waals surface area contributed by atoms with E-state index < -0.39 is 5.82 Å². The Balaban J connectivity index is 1.34. The van der Waals surface area contributed by atoms with Crippen LogP contribution in [0.5, 0.6) is 0 Å². The second-order valence-corrected chi connectivity index (χ2v) is 8.44. The maximum absolute atomic E-state index is 13.5. The van der Waals surface area contributed by atoms with Crippen LogP contribution in [0.4, 0.5) is 14.5 Å². The summed E-state index contributed by atoms with van der Waals surface area (Å²) in [5.41, 5.74) is 0.263. The highest BCUT2D eigenvalue weighted by Crippen LogP contribution is 2.70. The molecule has 28 heavy (non-hydrogen) atoms. The second kappa shape index (κ2) is 6.55. The van der Waals surface area contributed by atoms with Gasteiger partial charge in [0.25, 0.3) is 5.91 Å². The van der Waals surface area contributed by atoms with Crippen LogP contribution in [0.1, 0.15) is 36.5 Å². The fourth-order valence-electron chi connectivity index (χ4n) is 4.52. The molecule has 0 aliphatic heterocycles. The molecule has 4 nitrogen and oxygen atoms in total. The predicted octanol–water partition coefficient (Wildman–Crippen LogP) is 4.55. The number of rotatable bonds is 5. The summed E-state index contributed by atoms with van der Waals surface area (Å²) in [6.45, 7) is 1.87. The summed E-state index contributed by atoms with van der Waals surface area (Å²) in [7, 11) is 0. The van der Waals surface area contributed by atoms with Gasteiger partial charge in [-0.1, -0.05) is 18.5 Å². The molecule has 3 fully saturated rings. The second-order valence-electron chi connectivity index (χ2n) is 8.00. The molecule has 0 saturated heterocycles. The van der Waals surface area contributed by atoms with Gasteiger partial charge >= 0.3 is 0 Å². The molecular weight excluding hydrogens is 386 g/mol. The van der Waals surface area contributed by atoms with E-state index in [1.807, 2.05) is 6.92 Å². The molecule has 5 rings (SSSR count). The highest BCUT2D eigenvalue weighted by atomic mass is 35.5. The van der Waals surface area contributed by atoms with E-state index >= 15 is 0 Å². The van der Waals surface area contributed by atoms with E-state index in [1.54, 1.807) is 0 Å². The molecule has 0 heterocycles. The van der Waals surface area contributed by atoms with Gasteiger partial charge in [0, 0.05) is 27.7 Å². The van der Waals surface area contributed by atoms with Crippen LogP contribution >= 0.6 is 11.6 Å². The maximum atomic E-state index is 13.5. The minimum absolute atomic E-state index is 0.122. The van der Waals surface area contributed by atoms with Gasteiger partial charge in [-0.15, -0.1) is 0 Å². The van der Waals surface area contributed by atoms with Gasteiger partial charge in [0.1, 0.15) is 11.6 Å². The van der Waals surface area contributed by atoms with Crippen molar-refractivity contribution in [1.82, 2.24) is 5.32 Å². The first kappa shape index (κ1) is 18.9. The number of hydrogen-bond donors (Lipinski definition) is 2. The Bertz CT molecular complexity index is 921. The normalized spacial score (nSPS) is 25.9. The zero-order valence-electron chi connectivity index (χ0n) is 15.2. The third-order valence-corrected chi connectivity index (χ3v) is 6.22. The average Bonchev–Trinajstić information content (AvgIpc) is 2.57. The molecule has 146 valence electrons. The van der Waals surface area contributed by atoms with Crippen LogP contribution in [0.15, 0.2) is 42.5 Å². The first-order chi connectivity index (χ1) is 13.2. The summed E-state index contributed by atoms with van der Waals surface area (Å²) >= 11 is 5.81. The number of nitrogens with one attached hydrogen (secondary N) is 2. The number of hydrogen-bond acceptors (Lipinski definition) is 2. The number of carbonyl (C=O) groups is 2. The Morgan fingerprint density at radius 2 is 1.68 bits per heavy atom. The SMILES string of the molecule is C[C@@H](C(=O)Nc1ccc(F)cc1)C12CC(NC(=O)c3cc(F)cc(Cl)c3)(C1)C2. The summed E-state index contributed by atoms with van der Waals surface area (Å²) in [6, 6.07) is 9.37. The highest BCUT2D eigenvalue weighted by Gasteiger charge is 2.71. The van der Waals surface area contributed by atoms with E-state index in [4.69, 9.17) is 11.6 Å². The van der Waals surface area contributed by atoms with Gasteiger partial charge < -0.3 is 10.6 Å². The van der Waals surface area contributed by atoms with Gasteiger partial charge in [0.15, 0.2) is 0 Å². The summed E-state index contributed by atoms with van der Waals surface area (Å²) in [5, 5.41) is 5.95. The quantitative estimate of drug-likeness (QED) is 0.768.